The van der Waals surface area contributed by atoms with Crippen molar-refractivity contribution < 1.29 is 33.8 Å². The van der Waals surface area contributed by atoms with Crippen molar-refractivity contribution in [3.05, 3.63) is 107 Å². The van der Waals surface area contributed by atoms with E-state index in [-0.39, 0.29) is 63.0 Å². The molecule has 0 radical (unpaired) electrons. The van der Waals surface area contributed by atoms with Crippen LogP contribution in [0.25, 0.3) is 11.1 Å². The number of hydrogen-bond acceptors (Lipinski definition) is 7. The fourth-order valence-electron chi connectivity index (χ4n) is 6.90. The zero-order chi connectivity index (χ0) is 33.5. The number of fused-ring (bicyclic) bond motifs is 4. The standard InChI is InChI=1S/C38H41N3O7/c42-23-28-20-25-10-4-5-12-27(25)22-41(28)35(43)21-26-11-2-1-3-17-34(37(45)47-19-18-39-36(26)44)40-38(46)48-24-33-31-15-8-6-13-29(31)30-14-7-9-16-32(30)33/h1-2,4-10,12-16,26,28,33-34,42H,3,11,17-24H2,(H,39,44)(H,40,46)/t26-,28+,34+/m1/s1. The maximum absolute atomic E-state index is 13.5. The van der Waals surface area contributed by atoms with E-state index < -0.39 is 24.0 Å². The van der Waals surface area contributed by atoms with E-state index in [4.69, 9.17) is 9.47 Å². The number of esters is 1. The highest BCUT2D eigenvalue weighted by molar-refractivity contribution is 5.86. The van der Waals surface area contributed by atoms with Gasteiger partial charge >= 0.3 is 12.1 Å². The van der Waals surface area contributed by atoms with Crippen molar-refractivity contribution in [3.8, 4) is 11.1 Å². The second kappa shape index (κ2) is 15.3. The molecule has 2 heterocycles. The minimum atomic E-state index is -0.934. The molecule has 3 aromatic rings. The van der Waals surface area contributed by atoms with Crippen LogP contribution in [0.1, 0.15) is 53.9 Å². The molecule has 1 aliphatic carbocycles. The highest BCUT2D eigenvalue weighted by atomic mass is 16.6. The summed E-state index contributed by atoms with van der Waals surface area (Å²) in [5, 5.41) is 15.5. The summed E-state index contributed by atoms with van der Waals surface area (Å²) in [7, 11) is 0. The molecule has 0 unspecified atom stereocenters. The summed E-state index contributed by atoms with van der Waals surface area (Å²) in [6.07, 6.45) is 4.55. The summed E-state index contributed by atoms with van der Waals surface area (Å²) < 4.78 is 11.1. The number of carbonyl (C=O) groups is 4. The topological polar surface area (TPSA) is 134 Å². The predicted octanol–water partition coefficient (Wildman–Crippen LogP) is 4.25. The van der Waals surface area contributed by atoms with Crippen LogP contribution in [0.5, 0.6) is 0 Å². The van der Waals surface area contributed by atoms with Gasteiger partial charge in [0.1, 0.15) is 19.3 Å². The van der Waals surface area contributed by atoms with Gasteiger partial charge < -0.3 is 30.1 Å². The van der Waals surface area contributed by atoms with Gasteiger partial charge in [0.15, 0.2) is 0 Å². The van der Waals surface area contributed by atoms with Crippen molar-refractivity contribution in [2.75, 3.05) is 26.4 Å². The largest absolute Gasteiger partial charge is 0.462 e. The lowest BCUT2D eigenvalue weighted by Crippen LogP contribution is -2.47. The zero-order valence-electron chi connectivity index (χ0n) is 26.8. The van der Waals surface area contributed by atoms with Gasteiger partial charge in [0.05, 0.1) is 25.1 Å². The second-order valence-electron chi connectivity index (χ2n) is 12.5. The molecule has 3 aromatic carbocycles. The van der Waals surface area contributed by atoms with E-state index in [1.807, 2.05) is 72.8 Å². The number of nitrogens with one attached hydrogen (secondary N) is 2. The maximum atomic E-state index is 13.5. The SMILES string of the molecule is O=C(N[C@H]1CCC=CC[C@H](CC(=O)N2Cc3ccccc3C[C@H]2CO)C(=O)NCCOC1=O)OCC1c2ccccc2-c2ccccc21. The first-order chi connectivity index (χ1) is 23.4. The molecule has 2 aliphatic heterocycles. The highest BCUT2D eigenvalue weighted by Gasteiger charge is 2.33. The van der Waals surface area contributed by atoms with Gasteiger partial charge in [0, 0.05) is 18.9 Å². The Hall–Kier alpha value is -4.96. The van der Waals surface area contributed by atoms with Crippen molar-refractivity contribution >= 4 is 23.9 Å². The summed E-state index contributed by atoms with van der Waals surface area (Å²) in [6.45, 7) is 0.326. The van der Waals surface area contributed by atoms with Gasteiger partial charge in [0.2, 0.25) is 11.8 Å². The first-order valence-electron chi connectivity index (χ1n) is 16.6. The van der Waals surface area contributed by atoms with E-state index >= 15 is 0 Å². The molecule has 3 aliphatic rings. The predicted molar refractivity (Wildman–Crippen MR) is 179 cm³/mol. The number of ether oxygens (including phenoxy) is 2. The van der Waals surface area contributed by atoms with Crippen LogP contribution in [0, 0.1) is 5.92 Å². The first kappa shape index (κ1) is 33.0. The number of amides is 3. The smallest absolute Gasteiger partial charge is 0.407 e. The van der Waals surface area contributed by atoms with E-state index in [1.54, 1.807) is 4.90 Å². The molecule has 6 rings (SSSR count). The second-order valence-corrected chi connectivity index (χ2v) is 12.5. The zero-order valence-corrected chi connectivity index (χ0v) is 26.8. The van der Waals surface area contributed by atoms with E-state index in [0.717, 1.165) is 33.4 Å². The molecule has 0 aromatic heterocycles. The molecule has 3 N–H and O–H groups in total. The van der Waals surface area contributed by atoms with Crippen LogP contribution in [0.4, 0.5) is 4.79 Å². The third-order valence-electron chi connectivity index (χ3n) is 9.45. The van der Waals surface area contributed by atoms with Crippen LogP contribution >= 0.6 is 0 Å². The Morgan fingerprint density at radius 1 is 0.938 bits per heavy atom. The Kier molecular flexibility index (Phi) is 10.5. The van der Waals surface area contributed by atoms with Gasteiger partial charge in [-0.3, -0.25) is 9.59 Å². The third kappa shape index (κ3) is 7.44. The van der Waals surface area contributed by atoms with E-state index in [1.165, 1.54) is 0 Å². The average molecular weight is 652 g/mol. The van der Waals surface area contributed by atoms with E-state index in [0.29, 0.717) is 25.8 Å². The minimum absolute atomic E-state index is 0.0133. The number of benzene rings is 3. The van der Waals surface area contributed by atoms with E-state index in [2.05, 4.69) is 22.8 Å². The van der Waals surface area contributed by atoms with Crippen molar-refractivity contribution in [3.63, 3.8) is 0 Å². The number of rotatable bonds is 6. The molecule has 250 valence electrons. The van der Waals surface area contributed by atoms with Crippen LogP contribution in [-0.4, -0.2) is 72.3 Å². The van der Waals surface area contributed by atoms with Crippen LogP contribution < -0.4 is 10.6 Å². The van der Waals surface area contributed by atoms with Gasteiger partial charge in [0.25, 0.3) is 0 Å². The lowest BCUT2D eigenvalue weighted by molar-refractivity contribution is -0.146. The molecule has 0 bridgehead atoms. The monoisotopic (exact) mass is 651 g/mol. The molecule has 0 fully saturated rings. The van der Waals surface area contributed by atoms with Crippen LogP contribution in [0.2, 0.25) is 0 Å². The van der Waals surface area contributed by atoms with Crippen LogP contribution in [0.15, 0.2) is 84.9 Å². The summed E-state index contributed by atoms with van der Waals surface area (Å²) in [5.41, 5.74) is 6.59. The van der Waals surface area contributed by atoms with Crippen molar-refractivity contribution in [1.29, 1.82) is 0 Å². The Morgan fingerprint density at radius 2 is 1.62 bits per heavy atom. The molecule has 10 heteroatoms. The fraction of sp³-hybridized carbons (Fsp3) is 0.368. The number of aliphatic hydroxyl groups excluding tert-OH is 1. The Morgan fingerprint density at radius 3 is 2.35 bits per heavy atom. The van der Waals surface area contributed by atoms with Crippen LogP contribution in [0.3, 0.4) is 0 Å². The van der Waals surface area contributed by atoms with Crippen molar-refractivity contribution in [1.82, 2.24) is 15.5 Å². The fourth-order valence-corrected chi connectivity index (χ4v) is 6.90. The molecule has 0 saturated heterocycles. The molecule has 3 amide bonds. The molecular weight excluding hydrogens is 610 g/mol. The molecule has 0 spiro atoms. The molecule has 48 heavy (non-hydrogen) atoms. The highest BCUT2D eigenvalue weighted by Crippen LogP contribution is 2.44. The molecular formula is C38H41N3O7. The average Bonchev–Trinajstić information content (AvgIpc) is 3.43. The van der Waals surface area contributed by atoms with Crippen molar-refractivity contribution in [2.24, 2.45) is 5.92 Å². The van der Waals surface area contributed by atoms with Gasteiger partial charge in [-0.2, -0.15) is 0 Å². The van der Waals surface area contributed by atoms with Crippen molar-refractivity contribution in [2.45, 2.75) is 56.7 Å². The number of allylic oxidation sites excluding steroid dienone is 2. The number of cyclic esters (lactones) is 1. The summed E-state index contributed by atoms with van der Waals surface area (Å²) in [4.78, 5) is 54.1. The molecule has 3 atom stereocenters. The number of alkyl carbamates (subject to hydrolysis) is 1. The number of carbonyl (C=O) groups excluding carboxylic acids is 4. The quantitative estimate of drug-likeness (QED) is 0.268. The molecule has 10 nitrogen and oxygen atoms in total. The lowest BCUT2D eigenvalue weighted by atomic mass is 9.92. The lowest BCUT2D eigenvalue weighted by Gasteiger charge is -2.36. The molecule has 0 saturated carbocycles. The Labute approximate surface area is 280 Å². The van der Waals surface area contributed by atoms with Gasteiger partial charge in [-0.15, -0.1) is 0 Å². The number of nitrogens with zero attached hydrogens (tertiary/aromatic N) is 1. The summed E-state index contributed by atoms with van der Waals surface area (Å²) in [5.74, 6) is -1.86. The number of hydrogen-bond donors (Lipinski definition) is 3. The Balaban J connectivity index is 1.04. The third-order valence-corrected chi connectivity index (χ3v) is 9.45. The maximum Gasteiger partial charge on any atom is 0.407 e. The van der Waals surface area contributed by atoms with Gasteiger partial charge in [-0.05, 0) is 59.1 Å². The minimum Gasteiger partial charge on any atom is -0.462 e. The Bertz CT molecular complexity index is 1640. The normalized spacial score (nSPS) is 21.3. The van der Waals surface area contributed by atoms with Crippen LogP contribution in [-0.2, 0) is 36.8 Å². The summed E-state index contributed by atoms with van der Waals surface area (Å²) in [6, 6.07) is 22.7. The van der Waals surface area contributed by atoms with Gasteiger partial charge in [-0.1, -0.05) is 84.9 Å². The first-order valence-corrected chi connectivity index (χ1v) is 16.6. The summed E-state index contributed by atoms with van der Waals surface area (Å²) >= 11 is 0. The van der Waals surface area contributed by atoms with E-state index in [9.17, 15) is 24.3 Å². The number of aliphatic hydroxyl groups is 1. The van der Waals surface area contributed by atoms with Gasteiger partial charge in [-0.25, -0.2) is 9.59 Å².